The van der Waals surface area contributed by atoms with Gasteiger partial charge in [-0.2, -0.15) is 0 Å². The Morgan fingerprint density at radius 1 is 1.35 bits per heavy atom. The van der Waals surface area contributed by atoms with Crippen LogP contribution in [0.3, 0.4) is 0 Å². The number of aliphatic carboxylic acids is 1. The van der Waals surface area contributed by atoms with Crippen molar-refractivity contribution in [3.63, 3.8) is 0 Å². The molecule has 0 bridgehead atoms. The molecule has 1 aliphatic rings. The summed E-state index contributed by atoms with van der Waals surface area (Å²) < 4.78 is 5.34. The van der Waals surface area contributed by atoms with E-state index in [-0.39, 0.29) is 12.1 Å². The number of carbonyl (C=O) groups excluding carboxylic acids is 1. The predicted molar refractivity (Wildman–Crippen MR) is 72.3 cm³/mol. The van der Waals surface area contributed by atoms with Crippen LogP contribution in [0.25, 0.3) is 0 Å². The number of benzene rings is 1. The smallest absolute Gasteiger partial charge is 0.330 e. The lowest BCUT2D eigenvalue weighted by Gasteiger charge is -2.19. The molecular formula is C14H18N2O4. The van der Waals surface area contributed by atoms with Crippen LogP contribution in [-0.4, -0.2) is 35.9 Å². The summed E-state index contributed by atoms with van der Waals surface area (Å²) >= 11 is 0. The molecule has 0 radical (unpaired) electrons. The van der Waals surface area contributed by atoms with Gasteiger partial charge in [0.1, 0.15) is 0 Å². The van der Waals surface area contributed by atoms with Crippen LogP contribution in [0.2, 0.25) is 0 Å². The van der Waals surface area contributed by atoms with E-state index in [0.717, 1.165) is 6.42 Å². The number of ether oxygens (including phenoxy) is 1. The molecule has 1 heterocycles. The first kappa shape index (κ1) is 14.3. The van der Waals surface area contributed by atoms with E-state index in [2.05, 4.69) is 10.6 Å². The molecule has 1 aliphatic heterocycles. The minimum Gasteiger partial charge on any atom is -0.479 e. The Kier molecular flexibility index (Phi) is 4.57. The quantitative estimate of drug-likeness (QED) is 0.774. The van der Waals surface area contributed by atoms with Crippen molar-refractivity contribution < 1.29 is 19.4 Å². The largest absolute Gasteiger partial charge is 0.479 e. The first-order valence-corrected chi connectivity index (χ1v) is 6.54. The van der Waals surface area contributed by atoms with E-state index in [1.165, 1.54) is 0 Å². The van der Waals surface area contributed by atoms with Crippen LogP contribution < -0.4 is 10.6 Å². The molecule has 6 heteroatoms. The Bertz CT molecular complexity index is 477. The molecule has 3 unspecified atom stereocenters. The van der Waals surface area contributed by atoms with Crippen LogP contribution in [0.15, 0.2) is 30.3 Å². The third kappa shape index (κ3) is 3.48. The highest BCUT2D eigenvalue weighted by molar-refractivity contribution is 5.83. The molecule has 2 amide bonds. The summed E-state index contributed by atoms with van der Waals surface area (Å²) in [6, 6.07) is 6.95. The second-order valence-corrected chi connectivity index (χ2v) is 4.77. The molecule has 3 N–H and O–H groups in total. The van der Waals surface area contributed by atoms with E-state index < -0.39 is 18.0 Å². The van der Waals surface area contributed by atoms with Crippen LogP contribution in [0.5, 0.6) is 0 Å². The minimum atomic E-state index is -1.10. The normalized spacial score (nSPS) is 23.1. The molecule has 0 spiro atoms. The number of hydrogen-bond donors (Lipinski definition) is 3. The van der Waals surface area contributed by atoms with E-state index in [0.29, 0.717) is 12.2 Å². The van der Waals surface area contributed by atoms with Crippen LogP contribution in [0.1, 0.15) is 24.9 Å². The van der Waals surface area contributed by atoms with Crippen molar-refractivity contribution in [2.75, 3.05) is 6.61 Å². The Morgan fingerprint density at radius 2 is 2.05 bits per heavy atom. The summed E-state index contributed by atoms with van der Waals surface area (Å²) in [7, 11) is 0. The fraction of sp³-hybridized carbons (Fsp3) is 0.429. The van der Waals surface area contributed by atoms with Gasteiger partial charge < -0.3 is 20.5 Å². The molecule has 20 heavy (non-hydrogen) atoms. The fourth-order valence-corrected chi connectivity index (χ4v) is 2.20. The summed E-state index contributed by atoms with van der Waals surface area (Å²) in [5.41, 5.74) is 0.533. The van der Waals surface area contributed by atoms with E-state index in [9.17, 15) is 14.7 Å². The van der Waals surface area contributed by atoms with E-state index in [4.69, 9.17) is 4.74 Å². The van der Waals surface area contributed by atoms with Gasteiger partial charge in [-0.05, 0) is 18.9 Å². The van der Waals surface area contributed by atoms with Crippen molar-refractivity contribution in [1.29, 1.82) is 0 Å². The molecule has 0 aromatic heterocycles. The van der Waals surface area contributed by atoms with Crippen LogP contribution in [0, 0.1) is 0 Å². The average Bonchev–Trinajstić information content (AvgIpc) is 2.82. The Balaban J connectivity index is 1.98. The number of carbonyl (C=O) groups is 2. The maximum absolute atomic E-state index is 11.9. The van der Waals surface area contributed by atoms with E-state index in [1.807, 2.05) is 6.92 Å². The summed E-state index contributed by atoms with van der Waals surface area (Å²) in [4.78, 5) is 23.2. The van der Waals surface area contributed by atoms with Crippen molar-refractivity contribution in [3.05, 3.63) is 35.9 Å². The van der Waals surface area contributed by atoms with Gasteiger partial charge in [0.25, 0.3) is 0 Å². The van der Waals surface area contributed by atoms with E-state index in [1.54, 1.807) is 30.3 Å². The molecule has 1 saturated heterocycles. The number of hydrogen-bond acceptors (Lipinski definition) is 3. The van der Waals surface area contributed by atoms with Crippen molar-refractivity contribution in [2.45, 2.75) is 31.5 Å². The second-order valence-electron chi connectivity index (χ2n) is 4.77. The lowest BCUT2D eigenvalue weighted by atomic mass is 10.1. The first-order valence-electron chi connectivity index (χ1n) is 6.54. The van der Waals surface area contributed by atoms with Gasteiger partial charge in [0, 0.05) is 6.61 Å². The average molecular weight is 278 g/mol. The molecular weight excluding hydrogens is 260 g/mol. The zero-order valence-corrected chi connectivity index (χ0v) is 11.2. The molecule has 1 aromatic rings. The molecule has 1 aromatic carbocycles. The lowest BCUT2D eigenvalue weighted by Crippen LogP contribution is -2.47. The minimum absolute atomic E-state index is 0.0549. The van der Waals surface area contributed by atoms with Gasteiger partial charge in [0.05, 0.1) is 12.1 Å². The highest BCUT2D eigenvalue weighted by Gasteiger charge is 2.28. The SMILES string of the molecule is CC1OCCC1NC(=O)NC(C(=O)O)c1ccccc1. The molecule has 2 rings (SSSR count). The van der Waals surface area contributed by atoms with Gasteiger partial charge in [-0.25, -0.2) is 9.59 Å². The zero-order valence-electron chi connectivity index (χ0n) is 11.2. The van der Waals surface area contributed by atoms with Crippen molar-refractivity contribution in [2.24, 2.45) is 0 Å². The Labute approximate surface area is 117 Å². The van der Waals surface area contributed by atoms with Gasteiger partial charge in [-0.1, -0.05) is 30.3 Å². The summed E-state index contributed by atoms with van der Waals surface area (Å²) in [6.07, 6.45) is 0.679. The van der Waals surface area contributed by atoms with Crippen molar-refractivity contribution in [1.82, 2.24) is 10.6 Å². The number of rotatable bonds is 4. The molecule has 0 aliphatic carbocycles. The maximum atomic E-state index is 11.9. The van der Waals surface area contributed by atoms with Crippen molar-refractivity contribution >= 4 is 12.0 Å². The first-order chi connectivity index (χ1) is 9.58. The standard InChI is InChI=1S/C14H18N2O4/c1-9-11(7-8-20-9)15-14(19)16-12(13(17)18)10-5-3-2-4-6-10/h2-6,9,11-12H,7-8H2,1H3,(H,17,18)(H2,15,16,19). The fourth-order valence-electron chi connectivity index (χ4n) is 2.20. The predicted octanol–water partition coefficient (Wildman–Crippen LogP) is 1.29. The highest BCUT2D eigenvalue weighted by Crippen LogP contribution is 2.14. The van der Waals surface area contributed by atoms with Gasteiger partial charge in [-0.3, -0.25) is 0 Å². The van der Waals surface area contributed by atoms with Gasteiger partial charge in [0.15, 0.2) is 6.04 Å². The van der Waals surface area contributed by atoms with Crippen molar-refractivity contribution in [3.8, 4) is 0 Å². The van der Waals surface area contributed by atoms with Crippen LogP contribution in [0.4, 0.5) is 4.79 Å². The lowest BCUT2D eigenvalue weighted by molar-refractivity contribution is -0.139. The van der Waals surface area contributed by atoms with Crippen LogP contribution >= 0.6 is 0 Å². The molecule has 3 atom stereocenters. The number of carboxylic acids is 1. The maximum Gasteiger partial charge on any atom is 0.330 e. The molecule has 6 nitrogen and oxygen atoms in total. The van der Waals surface area contributed by atoms with E-state index >= 15 is 0 Å². The number of nitrogens with one attached hydrogen (secondary N) is 2. The molecule has 108 valence electrons. The third-order valence-corrected chi connectivity index (χ3v) is 3.35. The molecule has 0 saturated carbocycles. The number of amides is 2. The number of carboxylic acid groups (broad SMARTS) is 1. The monoisotopic (exact) mass is 278 g/mol. The zero-order chi connectivity index (χ0) is 14.5. The second kappa shape index (κ2) is 6.38. The summed E-state index contributed by atoms with van der Waals surface area (Å²) in [6.45, 7) is 2.48. The topological polar surface area (TPSA) is 87.7 Å². The molecule has 1 fully saturated rings. The van der Waals surface area contributed by atoms with Gasteiger partial charge in [-0.15, -0.1) is 0 Å². The summed E-state index contributed by atoms with van der Waals surface area (Å²) in [5, 5.41) is 14.4. The highest BCUT2D eigenvalue weighted by atomic mass is 16.5. The Morgan fingerprint density at radius 3 is 2.60 bits per heavy atom. The third-order valence-electron chi connectivity index (χ3n) is 3.35. The van der Waals surface area contributed by atoms with Gasteiger partial charge in [0.2, 0.25) is 0 Å². The number of urea groups is 1. The van der Waals surface area contributed by atoms with Gasteiger partial charge >= 0.3 is 12.0 Å². The van der Waals surface area contributed by atoms with Crippen LogP contribution in [-0.2, 0) is 9.53 Å². The summed E-state index contributed by atoms with van der Waals surface area (Å²) in [5.74, 6) is -1.10. The Hall–Kier alpha value is -2.08.